The average Bonchev–Trinajstić information content (AvgIpc) is 2.82. The molecule has 0 bridgehead atoms. The van der Waals surface area contributed by atoms with E-state index in [4.69, 9.17) is 5.73 Å². The SMILES string of the molecule is CCc1nnsc1C(N)Cc1cc(Br)ccc1F. The van der Waals surface area contributed by atoms with Crippen LogP contribution in [0.4, 0.5) is 4.39 Å². The molecule has 6 heteroatoms. The summed E-state index contributed by atoms with van der Waals surface area (Å²) in [6, 6.07) is 4.62. The van der Waals surface area contributed by atoms with Gasteiger partial charge in [0.15, 0.2) is 0 Å². The van der Waals surface area contributed by atoms with E-state index in [0.717, 1.165) is 21.5 Å². The quantitative estimate of drug-likeness (QED) is 0.936. The summed E-state index contributed by atoms with van der Waals surface area (Å²) in [6.07, 6.45) is 1.24. The van der Waals surface area contributed by atoms with Gasteiger partial charge in [0, 0.05) is 10.5 Å². The van der Waals surface area contributed by atoms with Crippen LogP contribution in [0.5, 0.6) is 0 Å². The van der Waals surface area contributed by atoms with Gasteiger partial charge < -0.3 is 5.73 Å². The summed E-state index contributed by atoms with van der Waals surface area (Å²) in [5.74, 6) is -0.232. The third-order valence-corrected chi connectivity index (χ3v) is 4.10. The summed E-state index contributed by atoms with van der Waals surface area (Å²) < 4.78 is 18.4. The normalized spacial score (nSPS) is 12.7. The fourth-order valence-electron chi connectivity index (χ4n) is 1.77. The first-order valence-corrected chi connectivity index (χ1v) is 7.19. The topological polar surface area (TPSA) is 51.8 Å². The zero-order chi connectivity index (χ0) is 13.1. The molecule has 0 spiro atoms. The van der Waals surface area contributed by atoms with Gasteiger partial charge in [-0.15, -0.1) is 5.10 Å². The number of rotatable bonds is 4. The molecule has 0 aliphatic rings. The van der Waals surface area contributed by atoms with Crippen LogP contribution in [0.15, 0.2) is 22.7 Å². The van der Waals surface area contributed by atoms with E-state index >= 15 is 0 Å². The van der Waals surface area contributed by atoms with Gasteiger partial charge >= 0.3 is 0 Å². The molecule has 2 aromatic rings. The van der Waals surface area contributed by atoms with Crippen molar-refractivity contribution in [3.05, 3.63) is 44.6 Å². The molecule has 3 nitrogen and oxygen atoms in total. The molecule has 0 amide bonds. The molecule has 0 saturated heterocycles. The predicted molar refractivity (Wildman–Crippen MR) is 74.0 cm³/mol. The van der Waals surface area contributed by atoms with Gasteiger partial charge in [-0.3, -0.25) is 0 Å². The van der Waals surface area contributed by atoms with Crippen LogP contribution in [0, 0.1) is 5.82 Å². The monoisotopic (exact) mass is 329 g/mol. The van der Waals surface area contributed by atoms with Crippen molar-refractivity contribution in [3.63, 3.8) is 0 Å². The lowest BCUT2D eigenvalue weighted by Crippen LogP contribution is -2.14. The average molecular weight is 330 g/mol. The van der Waals surface area contributed by atoms with Crippen LogP contribution in [0.3, 0.4) is 0 Å². The fraction of sp³-hybridized carbons (Fsp3) is 0.333. The van der Waals surface area contributed by atoms with Crippen LogP contribution in [0.2, 0.25) is 0 Å². The molecular formula is C12H13BrFN3S. The summed E-state index contributed by atoms with van der Waals surface area (Å²) in [4.78, 5) is 0.942. The largest absolute Gasteiger partial charge is 0.323 e. The van der Waals surface area contributed by atoms with Crippen molar-refractivity contribution in [1.29, 1.82) is 0 Å². The van der Waals surface area contributed by atoms with Crippen molar-refractivity contribution in [2.75, 3.05) is 0 Å². The highest BCUT2D eigenvalue weighted by Gasteiger charge is 2.16. The van der Waals surface area contributed by atoms with Gasteiger partial charge in [0.05, 0.1) is 10.6 Å². The van der Waals surface area contributed by atoms with E-state index in [0.29, 0.717) is 12.0 Å². The Labute approximate surface area is 118 Å². The molecule has 18 heavy (non-hydrogen) atoms. The van der Waals surface area contributed by atoms with Crippen molar-refractivity contribution in [2.45, 2.75) is 25.8 Å². The molecule has 0 saturated carbocycles. The van der Waals surface area contributed by atoms with Gasteiger partial charge in [0.1, 0.15) is 5.82 Å². The maximum atomic E-state index is 13.6. The molecule has 0 aliphatic carbocycles. The number of aromatic nitrogens is 2. The second-order valence-electron chi connectivity index (χ2n) is 3.98. The van der Waals surface area contributed by atoms with Crippen LogP contribution in [0.1, 0.15) is 29.1 Å². The molecule has 0 radical (unpaired) electrons. The van der Waals surface area contributed by atoms with Crippen LogP contribution in [0.25, 0.3) is 0 Å². The number of benzene rings is 1. The van der Waals surface area contributed by atoms with Gasteiger partial charge in [0.2, 0.25) is 0 Å². The van der Waals surface area contributed by atoms with Crippen molar-refractivity contribution < 1.29 is 4.39 Å². The van der Waals surface area contributed by atoms with Crippen LogP contribution in [-0.4, -0.2) is 9.59 Å². The van der Waals surface area contributed by atoms with Crippen molar-refractivity contribution in [3.8, 4) is 0 Å². The minimum Gasteiger partial charge on any atom is -0.323 e. The highest BCUT2D eigenvalue weighted by Crippen LogP contribution is 2.25. The summed E-state index contributed by atoms with van der Waals surface area (Å²) in [7, 11) is 0. The van der Waals surface area contributed by atoms with Crippen LogP contribution >= 0.6 is 27.5 Å². The van der Waals surface area contributed by atoms with Crippen LogP contribution < -0.4 is 5.73 Å². The Morgan fingerprint density at radius 3 is 3.00 bits per heavy atom. The van der Waals surface area contributed by atoms with E-state index in [-0.39, 0.29) is 11.9 Å². The minimum atomic E-state index is -0.260. The Morgan fingerprint density at radius 1 is 1.50 bits per heavy atom. The lowest BCUT2D eigenvalue weighted by Gasteiger charge is -2.11. The lowest BCUT2D eigenvalue weighted by atomic mass is 10.0. The summed E-state index contributed by atoms with van der Waals surface area (Å²) in [5, 5.41) is 4.02. The van der Waals surface area contributed by atoms with Crippen molar-refractivity contribution >= 4 is 27.5 Å². The molecule has 1 aromatic carbocycles. The van der Waals surface area contributed by atoms with E-state index in [1.54, 1.807) is 12.1 Å². The third-order valence-electron chi connectivity index (χ3n) is 2.70. The first kappa shape index (κ1) is 13.6. The van der Waals surface area contributed by atoms with Crippen molar-refractivity contribution in [2.24, 2.45) is 5.73 Å². The van der Waals surface area contributed by atoms with Gasteiger partial charge in [-0.1, -0.05) is 27.3 Å². The molecular weight excluding hydrogens is 317 g/mol. The number of aryl methyl sites for hydroxylation is 1. The number of nitrogens with zero attached hydrogens (tertiary/aromatic N) is 2. The van der Waals surface area contributed by atoms with Gasteiger partial charge in [-0.25, -0.2) is 4.39 Å². The van der Waals surface area contributed by atoms with E-state index in [1.807, 2.05) is 6.92 Å². The van der Waals surface area contributed by atoms with Gasteiger partial charge in [-0.05, 0) is 48.1 Å². The van der Waals surface area contributed by atoms with Gasteiger partial charge in [-0.2, -0.15) is 0 Å². The zero-order valence-electron chi connectivity index (χ0n) is 9.86. The molecule has 1 unspecified atom stereocenters. The van der Waals surface area contributed by atoms with Gasteiger partial charge in [0.25, 0.3) is 0 Å². The molecule has 1 aromatic heterocycles. The number of hydrogen-bond donors (Lipinski definition) is 1. The predicted octanol–water partition coefficient (Wildman–Crippen LogP) is 3.24. The van der Waals surface area contributed by atoms with E-state index in [2.05, 4.69) is 25.5 Å². The second-order valence-corrected chi connectivity index (χ2v) is 5.69. The smallest absolute Gasteiger partial charge is 0.126 e. The maximum absolute atomic E-state index is 13.6. The maximum Gasteiger partial charge on any atom is 0.126 e. The Morgan fingerprint density at radius 2 is 2.28 bits per heavy atom. The Balaban J connectivity index is 2.21. The molecule has 96 valence electrons. The first-order valence-electron chi connectivity index (χ1n) is 5.62. The van der Waals surface area contributed by atoms with Crippen molar-refractivity contribution in [1.82, 2.24) is 9.59 Å². The summed E-state index contributed by atoms with van der Waals surface area (Å²) in [6.45, 7) is 2.01. The lowest BCUT2D eigenvalue weighted by molar-refractivity contribution is 0.593. The molecule has 2 N–H and O–H groups in total. The third kappa shape index (κ3) is 2.93. The Bertz CT molecular complexity index is 544. The highest BCUT2D eigenvalue weighted by molar-refractivity contribution is 9.10. The Kier molecular flexibility index (Phi) is 4.42. The molecule has 1 atom stereocenters. The summed E-state index contributed by atoms with van der Waals surface area (Å²) in [5.41, 5.74) is 7.62. The fourth-order valence-corrected chi connectivity index (χ4v) is 2.92. The van der Waals surface area contributed by atoms with E-state index in [1.165, 1.54) is 17.6 Å². The highest BCUT2D eigenvalue weighted by atomic mass is 79.9. The van der Waals surface area contributed by atoms with E-state index < -0.39 is 0 Å². The number of hydrogen-bond acceptors (Lipinski definition) is 4. The van der Waals surface area contributed by atoms with Crippen LogP contribution in [-0.2, 0) is 12.8 Å². The molecule has 0 fully saturated rings. The Hall–Kier alpha value is -0.850. The zero-order valence-corrected chi connectivity index (χ0v) is 12.3. The van der Waals surface area contributed by atoms with E-state index in [9.17, 15) is 4.39 Å². The molecule has 0 aliphatic heterocycles. The molecule has 1 heterocycles. The number of halogens is 2. The standard InChI is InChI=1S/C12H13BrFN3S/c1-2-11-12(18-17-16-11)10(15)6-7-5-8(13)3-4-9(7)14/h3-5,10H,2,6,15H2,1H3. The molecule has 2 rings (SSSR count). The first-order chi connectivity index (χ1) is 8.61. The number of nitrogens with two attached hydrogens (primary N) is 1. The second kappa shape index (κ2) is 5.86. The minimum absolute atomic E-state index is 0.232. The summed E-state index contributed by atoms with van der Waals surface area (Å²) >= 11 is 4.62.